The van der Waals surface area contributed by atoms with Gasteiger partial charge in [0.05, 0.1) is 28.8 Å². The van der Waals surface area contributed by atoms with Crippen LogP contribution in [0.15, 0.2) is 12.3 Å². The van der Waals surface area contributed by atoms with Crippen molar-refractivity contribution in [3.05, 3.63) is 34.2 Å². The highest BCUT2D eigenvalue weighted by Gasteiger charge is 2.35. The largest absolute Gasteiger partial charge is 0.466 e. The van der Waals surface area contributed by atoms with Gasteiger partial charge in [0, 0.05) is 19.3 Å². The number of imidazole rings is 1. The number of pyridine rings is 1. The van der Waals surface area contributed by atoms with Gasteiger partial charge in [-0.1, -0.05) is 18.5 Å². The van der Waals surface area contributed by atoms with Crippen molar-refractivity contribution in [2.45, 2.75) is 39.3 Å². The first-order chi connectivity index (χ1) is 13.7. The van der Waals surface area contributed by atoms with Crippen LogP contribution in [0.2, 0.25) is 5.02 Å². The molecule has 2 aromatic rings. The van der Waals surface area contributed by atoms with Crippen molar-refractivity contribution in [2.24, 2.45) is 5.92 Å². The van der Waals surface area contributed by atoms with Crippen molar-refractivity contribution in [3.8, 4) is 0 Å². The van der Waals surface area contributed by atoms with Gasteiger partial charge in [-0.3, -0.25) is 14.0 Å². The third kappa shape index (κ3) is 4.19. The summed E-state index contributed by atoms with van der Waals surface area (Å²) in [6.07, 6.45) is -2.24. The fourth-order valence-corrected chi connectivity index (χ4v) is 3.79. The van der Waals surface area contributed by atoms with E-state index in [0.29, 0.717) is 31.5 Å². The van der Waals surface area contributed by atoms with Gasteiger partial charge in [0.25, 0.3) is 5.91 Å². The SMILES string of the molecule is CCOC(=O)C1CCCN(C(=O)c2c(CC)nc3c(Cl)cc(C(F)(F)F)cn23)C1. The average molecular weight is 432 g/mol. The highest BCUT2D eigenvalue weighted by Crippen LogP contribution is 2.33. The Labute approximate surface area is 170 Å². The number of halogens is 4. The summed E-state index contributed by atoms with van der Waals surface area (Å²) in [4.78, 5) is 31.1. The van der Waals surface area contributed by atoms with Gasteiger partial charge in [-0.25, -0.2) is 4.98 Å². The number of likely N-dealkylation sites (tertiary alicyclic amines) is 1. The summed E-state index contributed by atoms with van der Waals surface area (Å²) in [6.45, 7) is 4.26. The van der Waals surface area contributed by atoms with E-state index in [4.69, 9.17) is 16.3 Å². The second-order valence-corrected chi connectivity index (χ2v) is 7.28. The van der Waals surface area contributed by atoms with E-state index in [1.807, 2.05) is 0 Å². The monoisotopic (exact) mass is 431 g/mol. The van der Waals surface area contributed by atoms with Crippen LogP contribution in [0.1, 0.15) is 48.4 Å². The molecule has 3 rings (SSSR count). The van der Waals surface area contributed by atoms with E-state index in [1.54, 1.807) is 13.8 Å². The standard InChI is InChI=1S/C19H21ClF3N3O3/c1-3-14-15(17(27)25-7-5-6-11(9-25)18(28)29-4-2)26-10-12(19(21,22)23)8-13(20)16(26)24-14/h8,10-11H,3-7,9H2,1-2H3. The van der Waals surface area contributed by atoms with Crippen LogP contribution in [0.4, 0.5) is 13.2 Å². The number of fused-ring (bicyclic) bond motifs is 1. The van der Waals surface area contributed by atoms with E-state index >= 15 is 0 Å². The molecular formula is C19H21ClF3N3O3. The number of amides is 1. The number of esters is 1. The van der Waals surface area contributed by atoms with Gasteiger partial charge in [-0.05, 0) is 32.3 Å². The minimum absolute atomic E-state index is 0.0417. The topological polar surface area (TPSA) is 63.9 Å². The van der Waals surface area contributed by atoms with E-state index in [-0.39, 0.29) is 35.5 Å². The number of carbonyl (C=O) groups excluding carboxylic acids is 2. The van der Waals surface area contributed by atoms with Crippen LogP contribution in [0.3, 0.4) is 0 Å². The summed E-state index contributed by atoms with van der Waals surface area (Å²) >= 11 is 6.03. The second kappa shape index (κ2) is 8.22. The zero-order valence-corrected chi connectivity index (χ0v) is 16.8. The van der Waals surface area contributed by atoms with Gasteiger partial charge in [0.1, 0.15) is 5.69 Å². The van der Waals surface area contributed by atoms with E-state index < -0.39 is 23.6 Å². The zero-order valence-electron chi connectivity index (χ0n) is 16.1. The summed E-state index contributed by atoms with van der Waals surface area (Å²) in [5.41, 5.74) is -0.472. The molecule has 1 saturated heterocycles. The Morgan fingerprint density at radius 3 is 2.69 bits per heavy atom. The van der Waals surface area contributed by atoms with Gasteiger partial charge >= 0.3 is 12.1 Å². The molecule has 10 heteroatoms. The summed E-state index contributed by atoms with van der Waals surface area (Å²) in [5, 5.41) is -0.184. The van der Waals surface area contributed by atoms with Gasteiger partial charge in [0.15, 0.2) is 5.65 Å². The van der Waals surface area contributed by atoms with E-state index in [0.717, 1.165) is 16.7 Å². The maximum Gasteiger partial charge on any atom is 0.417 e. The summed E-state index contributed by atoms with van der Waals surface area (Å²) in [5.74, 6) is -1.30. The predicted molar refractivity (Wildman–Crippen MR) is 99.8 cm³/mol. The molecule has 0 spiro atoms. The number of aryl methyl sites for hydroxylation is 1. The van der Waals surface area contributed by atoms with E-state index in [9.17, 15) is 22.8 Å². The van der Waals surface area contributed by atoms with Crippen LogP contribution >= 0.6 is 11.6 Å². The number of ether oxygens (including phenoxy) is 1. The lowest BCUT2D eigenvalue weighted by atomic mass is 9.98. The first-order valence-corrected chi connectivity index (χ1v) is 9.78. The van der Waals surface area contributed by atoms with Crippen LogP contribution in [-0.2, 0) is 22.1 Å². The predicted octanol–water partition coefficient (Wildman–Crippen LogP) is 3.98. The van der Waals surface area contributed by atoms with Crippen LogP contribution in [-0.4, -0.2) is 45.9 Å². The first-order valence-electron chi connectivity index (χ1n) is 9.40. The lowest BCUT2D eigenvalue weighted by Crippen LogP contribution is -2.43. The van der Waals surface area contributed by atoms with Crippen molar-refractivity contribution >= 4 is 29.1 Å². The van der Waals surface area contributed by atoms with Gasteiger partial charge in [-0.15, -0.1) is 0 Å². The quantitative estimate of drug-likeness (QED) is 0.687. The Morgan fingerprint density at radius 1 is 1.34 bits per heavy atom. The molecule has 2 aromatic heterocycles. The fourth-order valence-electron chi connectivity index (χ4n) is 3.54. The number of rotatable bonds is 4. The Balaban J connectivity index is 2.02. The molecule has 1 unspecified atom stereocenters. The number of hydrogen-bond donors (Lipinski definition) is 0. The lowest BCUT2D eigenvalue weighted by Gasteiger charge is -2.31. The number of aromatic nitrogens is 2. The molecule has 1 atom stereocenters. The van der Waals surface area contributed by atoms with Crippen LogP contribution < -0.4 is 0 Å². The van der Waals surface area contributed by atoms with Gasteiger partial charge in [0.2, 0.25) is 0 Å². The molecule has 0 saturated carbocycles. The first kappa shape index (κ1) is 21.4. The number of nitrogens with zero attached hydrogens (tertiary/aromatic N) is 3. The molecule has 1 aliphatic rings. The van der Waals surface area contributed by atoms with Crippen LogP contribution in [0.25, 0.3) is 5.65 Å². The Morgan fingerprint density at radius 2 is 2.07 bits per heavy atom. The summed E-state index contributed by atoms with van der Waals surface area (Å²) < 4.78 is 45.9. The lowest BCUT2D eigenvalue weighted by molar-refractivity contribution is -0.149. The molecule has 1 fully saturated rings. The van der Waals surface area contributed by atoms with Crippen molar-refractivity contribution in [1.82, 2.24) is 14.3 Å². The highest BCUT2D eigenvalue weighted by atomic mass is 35.5. The molecule has 1 aliphatic heterocycles. The molecule has 3 heterocycles. The van der Waals surface area contributed by atoms with Crippen molar-refractivity contribution in [1.29, 1.82) is 0 Å². The third-order valence-electron chi connectivity index (χ3n) is 4.94. The molecule has 0 radical (unpaired) electrons. The number of hydrogen-bond acceptors (Lipinski definition) is 4. The van der Waals surface area contributed by atoms with Crippen molar-refractivity contribution < 1.29 is 27.5 Å². The highest BCUT2D eigenvalue weighted by molar-refractivity contribution is 6.33. The summed E-state index contributed by atoms with van der Waals surface area (Å²) in [7, 11) is 0. The van der Waals surface area contributed by atoms with E-state index in [1.165, 1.54) is 4.90 Å². The Bertz CT molecular complexity index is 942. The normalized spacial score (nSPS) is 17.6. The number of piperidine rings is 1. The summed E-state index contributed by atoms with van der Waals surface area (Å²) in [6, 6.07) is 0.801. The van der Waals surface area contributed by atoms with Gasteiger partial charge in [-0.2, -0.15) is 13.2 Å². The minimum atomic E-state index is -4.62. The smallest absolute Gasteiger partial charge is 0.417 e. The van der Waals surface area contributed by atoms with Crippen LogP contribution in [0.5, 0.6) is 0 Å². The van der Waals surface area contributed by atoms with E-state index in [2.05, 4.69) is 4.98 Å². The second-order valence-electron chi connectivity index (χ2n) is 6.87. The molecule has 1 amide bonds. The van der Waals surface area contributed by atoms with Crippen molar-refractivity contribution in [3.63, 3.8) is 0 Å². The maximum absolute atomic E-state index is 13.2. The third-order valence-corrected chi connectivity index (χ3v) is 5.22. The zero-order chi connectivity index (χ0) is 21.3. The molecule has 158 valence electrons. The molecule has 29 heavy (non-hydrogen) atoms. The molecule has 0 bridgehead atoms. The number of alkyl halides is 3. The molecule has 6 nitrogen and oxygen atoms in total. The van der Waals surface area contributed by atoms with Crippen molar-refractivity contribution in [2.75, 3.05) is 19.7 Å². The molecule has 0 N–H and O–H groups in total. The minimum Gasteiger partial charge on any atom is -0.466 e. The molecule has 0 aliphatic carbocycles. The van der Waals surface area contributed by atoms with Gasteiger partial charge < -0.3 is 9.64 Å². The number of carbonyl (C=O) groups is 2. The van der Waals surface area contributed by atoms with Crippen LogP contribution in [0, 0.1) is 5.92 Å². The molecule has 0 aromatic carbocycles. The Hall–Kier alpha value is -2.29. The average Bonchev–Trinajstić information content (AvgIpc) is 3.06. The maximum atomic E-state index is 13.2. The molecular weight excluding hydrogens is 411 g/mol. The Kier molecular flexibility index (Phi) is 6.07. The fraction of sp³-hybridized carbons (Fsp3) is 0.526.